The van der Waals surface area contributed by atoms with Crippen LogP contribution in [0, 0.1) is 18.3 Å². The van der Waals surface area contributed by atoms with Gasteiger partial charge in [-0.2, -0.15) is 18.4 Å². The standard InChI is InChI=1S/C21H22F3N5O4/c1-11-15(9-25)19(27-13-3-5-16(26-10-13)20(32)33-7-6-30)29-28-18(11)14-4-2-12(8-17(14)31)21(22,23)24/h2,4,8,13,16,26,30-31H,3,5-7,10H2,1H3,(H,27,29)/t13-,16+/m1/s1. The Bertz CT molecular complexity index is 1060. The lowest BCUT2D eigenvalue weighted by Crippen LogP contribution is -2.49. The van der Waals surface area contributed by atoms with E-state index in [1.165, 1.54) is 0 Å². The van der Waals surface area contributed by atoms with E-state index in [-0.39, 0.29) is 41.9 Å². The number of hydrogen-bond donors (Lipinski definition) is 4. The Kier molecular flexibility index (Phi) is 7.35. The second-order valence-corrected chi connectivity index (χ2v) is 7.51. The summed E-state index contributed by atoms with van der Waals surface area (Å²) in [5.74, 6) is -0.878. The molecule has 1 aromatic carbocycles. The predicted octanol–water partition coefficient (Wildman–Crippen LogP) is 2.12. The van der Waals surface area contributed by atoms with Gasteiger partial charge < -0.3 is 25.6 Å². The monoisotopic (exact) mass is 465 g/mol. The van der Waals surface area contributed by atoms with Crippen molar-refractivity contribution in [2.75, 3.05) is 25.1 Å². The number of carbonyl (C=O) groups excluding carboxylic acids is 1. The molecule has 4 N–H and O–H groups in total. The number of aliphatic hydroxyl groups is 1. The summed E-state index contributed by atoms with van der Waals surface area (Å²) in [7, 11) is 0. The number of hydrogen-bond acceptors (Lipinski definition) is 9. The summed E-state index contributed by atoms with van der Waals surface area (Å²) in [6, 6.07) is 3.87. The normalized spacial score (nSPS) is 18.4. The Morgan fingerprint density at radius 2 is 2.12 bits per heavy atom. The molecule has 2 heterocycles. The number of rotatable bonds is 6. The molecule has 0 radical (unpaired) electrons. The minimum absolute atomic E-state index is 0.0274. The van der Waals surface area contributed by atoms with Gasteiger partial charge in [-0.05, 0) is 43.5 Å². The molecule has 0 bridgehead atoms. The number of piperidine rings is 1. The van der Waals surface area contributed by atoms with Crippen molar-refractivity contribution in [1.82, 2.24) is 15.5 Å². The molecule has 2 atom stereocenters. The van der Waals surface area contributed by atoms with Gasteiger partial charge in [-0.1, -0.05) is 0 Å². The average Bonchev–Trinajstić information content (AvgIpc) is 2.78. The Morgan fingerprint density at radius 1 is 1.36 bits per heavy atom. The van der Waals surface area contributed by atoms with Crippen LogP contribution in [0.25, 0.3) is 11.3 Å². The number of aromatic hydroxyl groups is 1. The van der Waals surface area contributed by atoms with Gasteiger partial charge in [-0.15, -0.1) is 10.2 Å². The quantitative estimate of drug-likeness (QED) is 0.472. The fourth-order valence-corrected chi connectivity index (χ4v) is 3.54. The number of nitrogens with zero attached hydrogens (tertiary/aromatic N) is 3. The van der Waals surface area contributed by atoms with Crippen molar-refractivity contribution >= 4 is 11.8 Å². The van der Waals surface area contributed by atoms with Gasteiger partial charge in [0.05, 0.1) is 12.2 Å². The smallest absolute Gasteiger partial charge is 0.416 e. The van der Waals surface area contributed by atoms with Gasteiger partial charge in [0, 0.05) is 18.2 Å². The van der Waals surface area contributed by atoms with Crippen LogP contribution < -0.4 is 10.6 Å². The van der Waals surface area contributed by atoms with E-state index in [1.54, 1.807) is 6.92 Å². The molecule has 12 heteroatoms. The molecular formula is C21H22F3N5O4. The number of alkyl halides is 3. The number of aromatic nitrogens is 2. The Morgan fingerprint density at radius 3 is 2.70 bits per heavy atom. The van der Waals surface area contributed by atoms with E-state index in [9.17, 15) is 28.3 Å². The van der Waals surface area contributed by atoms with Crippen LogP contribution in [0.2, 0.25) is 0 Å². The highest BCUT2D eigenvalue weighted by Gasteiger charge is 2.32. The summed E-state index contributed by atoms with van der Waals surface area (Å²) >= 11 is 0. The topological polar surface area (TPSA) is 140 Å². The molecule has 0 amide bonds. The Hall–Kier alpha value is -3.43. The maximum atomic E-state index is 12.9. The Labute approximate surface area is 187 Å². The third kappa shape index (κ3) is 5.50. The number of phenolic OH excluding ortho intramolecular Hbond substituents is 1. The van der Waals surface area contributed by atoms with Gasteiger partial charge in [-0.3, -0.25) is 4.79 Å². The first-order valence-corrected chi connectivity index (χ1v) is 10.1. The average molecular weight is 465 g/mol. The molecule has 176 valence electrons. The molecule has 3 rings (SSSR count). The molecule has 0 unspecified atom stereocenters. The number of ether oxygens (including phenoxy) is 1. The first-order chi connectivity index (χ1) is 15.7. The summed E-state index contributed by atoms with van der Waals surface area (Å²) in [4.78, 5) is 11.9. The number of nitriles is 1. The zero-order valence-corrected chi connectivity index (χ0v) is 17.6. The van der Waals surface area contributed by atoms with Crippen LogP contribution in [0.3, 0.4) is 0 Å². The summed E-state index contributed by atoms with van der Waals surface area (Å²) in [5, 5.41) is 42.7. The number of halogens is 3. The van der Waals surface area contributed by atoms with Gasteiger partial charge in [0.2, 0.25) is 0 Å². The second-order valence-electron chi connectivity index (χ2n) is 7.51. The van der Waals surface area contributed by atoms with Gasteiger partial charge in [0.15, 0.2) is 5.82 Å². The highest BCUT2D eigenvalue weighted by atomic mass is 19.4. The van der Waals surface area contributed by atoms with Crippen LogP contribution >= 0.6 is 0 Å². The summed E-state index contributed by atoms with van der Waals surface area (Å²) in [6.45, 7) is 1.63. The van der Waals surface area contributed by atoms with Gasteiger partial charge in [0.25, 0.3) is 0 Å². The van der Waals surface area contributed by atoms with Crippen LogP contribution in [0.15, 0.2) is 18.2 Å². The van der Waals surface area contributed by atoms with Crippen molar-refractivity contribution in [3.8, 4) is 23.1 Å². The number of benzene rings is 1. The number of aliphatic hydroxyl groups excluding tert-OH is 1. The third-order valence-corrected chi connectivity index (χ3v) is 5.28. The molecule has 2 aromatic rings. The lowest BCUT2D eigenvalue weighted by Gasteiger charge is -2.29. The van der Waals surface area contributed by atoms with E-state index in [1.807, 2.05) is 6.07 Å². The lowest BCUT2D eigenvalue weighted by molar-refractivity contribution is -0.147. The third-order valence-electron chi connectivity index (χ3n) is 5.28. The number of anilines is 1. The molecule has 1 aromatic heterocycles. The van der Waals surface area contributed by atoms with E-state index < -0.39 is 29.5 Å². The molecule has 0 saturated carbocycles. The van der Waals surface area contributed by atoms with Crippen molar-refractivity contribution in [2.24, 2.45) is 0 Å². The van der Waals surface area contributed by atoms with Crippen molar-refractivity contribution in [3.05, 3.63) is 34.9 Å². The highest BCUT2D eigenvalue weighted by Crippen LogP contribution is 2.37. The van der Waals surface area contributed by atoms with Crippen molar-refractivity contribution in [2.45, 2.75) is 38.0 Å². The molecule has 9 nitrogen and oxygen atoms in total. The molecule has 1 aliphatic heterocycles. The fourth-order valence-electron chi connectivity index (χ4n) is 3.54. The van der Waals surface area contributed by atoms with E-state index in [0.717, 1.165) is 12.1 Å². The first kappa shape index (κ1) is 24.2. The van der Waals surface area contributed by atoms with Gasteiger partial charge >= 0.3 is 12.1 Å². The second kappa shape index (κ2) is 10.0. The zero-order valence-electron chi connectivity index (χ0n) is 17.6. The maximum absolute atomic E-state index is 12.9. The minimum atomic E-state index is -4.61. The molecule has 0 spiro atoms. The van der Waals surface area contributed by atoms with Crippen LogP contribution in [0.4, 0.5) is 19.0 Å². The van der Waals surface area contributed by atoms with Gasteiger partial charge in [0.1, 0.15) is 35.7 Å². The molecule has 33 heavy (non-hydrogen) atoms. The lowest BCUT2D eigenvalue weighted by atomic mass is 9.99. The minimum Gasteiger partial charge on any atom is -0.507 e. The maximum Gasteiger partial charge on any atom is 0.416 e. The van der Waals surface area contributed by atoms with E-state index in [0.29, 0.717) is 31.0 Å². The van der Waals surface area contributed by atoms with Crippen molar-refractivity contribution in [3.63, 3.8) is 0 Å². The summed E-state index contributed by atoms with van der Waals surface area (Å²) < 4.78 is 43.5. The summed E-state index contributed by atoms with van der Waals surface area (Å²) in [6.07, 6.45) is -3.57. The van der Waals surface area contributed by atoms with Crippen molar-refractivity contribution in [1.29, 1.82) is 5.26 Å². The SMILES string of the molecule is Cc1c(-c2ccc(C(F)(F)F)cc2O)nnc(N[C@@H]2CC[C@@H](C(=O)OCCO)NC2)c1C#N. The molecule has 1 fully saturated rings. The number of carbonyl (C=O) groups is 1. The van der Waals surface area contributed by atoms with Crippen LogP contribution in [0.5, 0.6) is 5.75 Å². The Balaban J connectivity index is 1.76. The molecule has 1 aliphatic rings. The molecule has 1 saturated heterocycles. The zero-order chi connectivity index (χ0) is 24.2. The fraction of sp³-hybridized carbons (Fsp3) is 0.429. The largest absolute Gasteiger partial charge is 0.507 e. The molecule has 0 aliphatic carbocycles. The predicted molar refractivity (Wildman–Crippen MR) is 110 cm³/mol. The van der Waals surface area contributed by atoms with E-state index in [2.05, 4.69) is 20.8 Å². The van der Waals surface area contributed by atoms with Gasteiger partial charge in [-0.25, -0.2) is 0 Å². The van der Waals surface area contributed by atoms with E-state index in [4.69, 9.17) is 9.84 Å². The van der Waals surface area contributed by atoms with Crippen LogP contribution in [0.1, 0.15) is 29.5 Å². The van der Waals surface area contributed by atoms with Crippen LogP contribution in [-0.2, 0) is 15.7 Å². The number of esters is 1. The summed E-state index contributed by atoms with van der Waals surface area (Å²) in [5.41, 5.74) is -0.393. The first-order valence-electron chi connectivity index (χ1n) is 10.1. The van der Waals surface area contributed by atoms with Crippen LogP contribution in [-0.4, -0.2) is 58.2 Å². The van der Waals surface area contributed by atoms with E-state index >= 15 is 0 Å². The van der Waals surface area contributed by atoms with Crippen molar-refractivity contribution < 1.29 is 32.9 Å². The highest BCUT2D eigenvalue weighted by molar-refractivity contribution is 5.76. The molecular weight excluding hydrogens is 443 g/mol. The number of phenols is 1. The number of nitrogens with one attached hydrogen (secondary N) is 2.